The van der Waals surface area contributed by atoms with E-state index in [0.29, 0.717) is 5.75 Å². The summed E-state index contributed by atoms with van der Waals surface area (Å²) < 4.78 is 4.91. The highest BCUT2D eigenvalue weighted by molar-refractivity contribution is 5.76. The van der Waals surface area contributed by atoms with Crippen molar-refractivity contribution in [3.8, 4) is 5.75 Å². The molecule has 0 spiro atoms. The van der Waals surface area contributed by atoms with Crippen LogP contribution >= 0.6 is 0 Å². The maximum absolute atomic E-state index is 11.9. The van der Waals surface area contributed by atoms with Crippen molar-refractivity contribution >= 4 is 5.97 Å². The highest BCUT2D eigenvalue weighted by atomic mass is 16.5. The van der Waals surface area contributed by atoms with Crippen LogP contribution in [0.2, 0.25) is 0 Å². The van der Waals surface area contributed by atoms with Crippen molar-refractivity contribution in [3.63, 3.8) is 0 Å². The van der Waals surface area contributed by atoms with Gasteiger partial charge in [-0.1, -0.05) is 26.3 Å². The minimum Gasteiger partial charge on any atom is -0.508 e. The maximum Gasteiger partial charge on any atom is 0.323 e. The lowest BCUT2D eigenvalue weighted by Crippen LogP contribution is -2.43. The molecule has 1 aromatic carbocycles. The van der Waals surface area contributed by atoms with Crippen LogP contribution in [0.1, 0.15) is 43.9 Å². The second-order valence-electron chi connectivity index (χ2n) is 5.53. The number of phenols is 1. The van der Waals surface area contributed by atoms with E-state index >= 15 is 0 Å². The predicted molar refractivity (Wildman–Crippen MR) is 77.6 cm³/mol. The van der Waals surface area contributed by atoms with E-state index in [2.05, 4.69) is 19.2 Å². The Balaban J connectivity index is 2.15. The summed E-state index contributed by atoms with van der Waals surface area (Å²) in [6, 6.07) is 5.33. The summed E-state index contributed by atoms with van der Waals surface area (Å²) in [5.41, 5.74) is 2.34. The van der Waals surface area contributed by atoms with Crippen LogP contribution in [-0.2, 0) is 16.0 Å². The van der Waals surface area contributed by atoms with Gasteiger partial charge in [-0.15, -0.1) is 0 Å². The lowest BCUT2D eigenvalue weighted by atomic mass is 9.97. The van der Waals surface area contributed by atoms with Crippen molar-refractivity contribution in [2.75, 3.05) is 7.11 Å². The molecule has 3 atom stereocenters. The van der Waals surface area contributed by atoms with E-state index < -0.39 is 0 Å². The van der Waals surface area contributed by atoms with Gasteiger partial charge in [0, 0.05) is 6.04 Å². The summed E-state index contributed by atoms with van der Waals surface area (Å²) in [5, 5.41) is 13.0. The zero-order valence-corrected chi connectivity index (χ0v) is 12.3. The average Bonchev–Trinajstić information content (AvgIpc) is 2.85. The third kappa shape index (κ3) is 2.96. The number of benzene rings is 1. The van der Waals surface area contributed by atoms with Crippen LogP contribution in [0, 0.1) is 5.92 Å². The number of hydrogen-bond donors (Lipinski definition) is 2. The van der Waals surface area contributed by atoms with E-state index in [9.17, 15) is 9.90 Å². The number of aryl methyl sites for hydroxylation is 1. The number of aromatic hydroxyl groups is 1. The molecule has 0 aromatic heterocycles. The highest BCUT2D eigenvalue weighted by Crippen LogP contribution is 2.34. The Kier molecular flexibility index (Phi) is 4.65. The predicted octanol–water partition coefficient (Wildman–Crippen LogP) is 2.56. The zero-order valence-electron chi connectivity index (χ0n) is 12.3. The van der Waals surface area contributed by atoms with E-state index in [1.165, 1.54) is 12.7 Å². The van der Waals surface area contributed by atoms with Crippen LogP contribution < -0.4 is 5.32 Å². The van der Waals surface area contributed by atoms with Crippen LogP contribution in [0.4, 0.5) is 0 Å². The fourth-order valence-corrected chi connectivity index (χ4v) is 2.82. The Morgan fingerprint density at radius 2 is 2.30 bits per heavy atom. The molecule has 1 aromatic rings. The molecule has 2 N–H and O–H groups in total. The smallest absolute Gasteiger partial charge is 0.323 e. The van der Waals surface area contributed by atoms with Crippen molar-refractivity contribution < 1.29 is 14.6 Å². The van der Waals surface area contributed by atoms with Crippen molar-refractivity contribution in [1.29, 1.82) is 0 Å². The molecule has 0 saturated heterocycles. The molecule has 0 heterocycles. The largest absolute Gasteiger partial charge is 0.508 e. The van der Waals surface area contributed by atoms with Crippen LogP contribution in [-0.4, -0.2) is 24.2 Å². The molecule has 0 bridgehead atoms. The number of fused-ring (bicyclic) bond motifs is 1. The first kappa shape index (κ1) is 14.9. The van der Waals surface area contributed by atoms with Gasteiger partial charge in [0.2, 0.25) is 0 Å². The number of carbonyl (C=O) groups excluding carboxylic acids is 1. The lowest BCUT2D eigenvalue weighted by Gasteiger charge is -2.26. The first-order valence-electron chi connectivity index (χ1n) is 7.22. The van der Waals surface area contributed by atoms with Crippen LogP contribution in [0.25, 0.3) is 0 Å². The fraction of sp³-hybridized carbons (Fsp3) is 0.562. The summed E-state index contributed by atoms with van der Waals surface area (Å²) in [5.74, 6) is 0.325. The van der Waals surface area contributed by atoms with Crippen molar-refractivity contribution in [2.24, 2.45) is 5.92 Å². The van der Waals surface area contributed by atoms with Gasteiger partial charge in [-0.2, -0.15) is 0 Å². The Labute approximate surface area is 120 Å². The van der Waals surface area contributed by atoms with Gasteiger partial charge in [0.05, 0.1) is 7.11 Å². The highest BCUT2D eigenvalue weighted by Gasteiger charge is 2.31. The fourth-order valence-electron chi connectivity index (χ4n) is 2.82. The Morgan fingerprint density at radius 3 is 2.95 bits per heavy atom. The van der Waals surface area contributed by atoms with Gasteiger partial charge < -0.3 is 9.84 Å². The van der Waals surface area contributed by atoms with Crippen molar-refractivity contribution in [1.82, 2.24) is 5.32 Å². The van der Waals surface area contributed by atoms with Gasteiger partial charge in [0.15, 0.2) is 0 Å². The van der Waals surface area contributed by atoms with Crippen LogP contribution in [0.3, 0.4) is 0 Å². The first-order chi connectivity index (χ1) is 9.56. The second-order valence-corrected chi connectivity index (χ2v) is 5.53. The molecule has 1 aliphatic rings. The zero-order chi connectivity index (χ0) is 14.7. The molecule has 0 aliphatic heterocycles. The summed E-state index contributed by atoms with van der Waals surface area (Å²) >= 11 is 0. The quantitative estimate of drug-likeness (QED) is 0.812. The molecule has 4 nitrogen and oxygen atoms in total. The van der Waals surface area contributed by atoms with Gasteiger partial charge in [-0.05, 0) is 42.0 Å². The molecule has 2 rings (SSSR count). The number of rotatable bonds is 5. The van der Waals surface area contributed by atoms with Gasteiger partial charge in [0.25, 0.3) is 0 Å². The van der Waals surface area contributed by atoms with Crippen LogP contribution in [0.5, 0.6) is 5.75 Å². The summed E-state index contributed by atoms with van der Waals surface area (Å²) in [6.07, 6.45) is 2.79. The number of esters is 1. The van der Waals surface area contributed by atoms with Gasteiger partial charge >= 0.3 is 5.97 Å². The molecular formula is C16H23NO3. The molecule has 0 radical (unpaired) electrons. The summed E-state index contributed by atoms with van der Waals surface area (Å²) in [6.45, 7) is 4.13. The molecule has 20 heavy (non-hydrogen) atoms. The molecule has 0 saturated carbocycles. The normalized spacial score (nSPS) is 20.2. The number of nitrogens with one attached hydrogen (secondary N) is 1. The molecule has 0 amide bonds. The summed E-state index contributed by atoms with van der Waals surface area (Å²) in [7, 11) is 1.43. The van der Waals surface area contributed by atoms with Gasteiger partial charge in [0.1, 0.15) is 11.8 Å². The van der Waals surface area contributed by atoms with Crippen LogP contribution in [0.15, 0.2) is 18.2 Å². The Bertz CT molecular complexity index is 487. The van der Waals surface area contributed by atoms with Crippen molar-refractivity contribution in [3.05, 3.63) is 29.3 Å². The van der Waals surface area contributed by atoms with E-state index in [-0.39, 0.29) is 24.0 Å². The third-order valence-corrected chi connectivity index (χ3v) is 4.25. The average molecular weight is 277 g/mol. The number of carbonyl (C=O) groups is 1. The topological polar surface area (TPSA) is 58.6 Å². The molecular weight excluding hydrogens is 254 g/mol. The Morgan fingerprint density at radius 1 is 1.55 bits per heavy atom. The number of ether oxygens (including phenoxy) is 1. The summed E-state index contributed by atoms with van der Waals surface area (Å²) in [4.78, 5) is 11.9. The van der Waals surface area contributed by atoms with Crippen molar-refractivity contribution in [2.45, 2.75) is 45.2 Å². The number of methoxy groups -OCH3 is 1. The number of hydrogen-bond acceptors (Lipinski definition) is 4. The minimum atomic E-state index is -0.283. The standard InChI is InChI=1S/C16H23NO3/c1-4-10(2)15(16(19)20-3)17-14-8-5-11-9-12(18)6-7-13(11)14/h6-7,9-10,14-15,17-18H,4-5,8H2,1-3H3. The maximum atomic E-state index is 11.9. The SMILES string of the molecule is CCC(C)C(NC1CCc2cc(O)ccc21)C(=O)OC. The molecule has 110 valence electrons. The third-order valence-electron chi connectivity index (χ3n) is 4.25. The molecule has 3 unspecified atom stereocenters. The first-order valence-corrected chi connectivity index (χ1v) is 7.22. The second kappa shape index (κ2) is 6.27. The monoisotopic (exact) mass is 277 g/mol. The minimum absolute atomic E-state index is 0.156. The van der Waals surface area contributed by atoms with E-state index in [1.54, 1.807) is 6.07 Å². The van der Waals surface area contributed by atoms with E-state index in [0.717, 1.165) is 24.8 Å². The van der Waals surface area contributed by atoms with Gasteiger partial charge in [-0.25, -0.2) is 0 Å². The van der Waals surface area contributed by atoms with Gasteiger partial charge in [-0.3, -0.25) is 10.1 Å². The van der Waals surface area contributed by atoms with E-state index in [1.807, 2.05) is 12.1 Å². The molecule has 1 aliphatic carbocycles. The van der Waals surface area contributed by atoms with E-state index in [4.69, 9.17) is 4.74 Å². The molecule has 0 fully saturated rings. The molecule has 4 heteroatoms. The Hall–Kier alpha value is -1.55. The number of phenolic OH excluding ortho intramolecular Hbond substituents is 1. The lowest BCUT2D eigenvalue weighted by molar-refractivity contribution is -0.144.